The molecule has 0 atom stereocenters. The van der Waals surface area contributed by atoms with Crippen molar-refractivity contribution in [2.45, 2.75) is 18.8 Å². The third kappa shape index (κ3) is 3.20. The highest BCUT2D eigenvalue weighted by Crippen LogP contribution is 2.34. The number of ether oxygens (including phenoxy) is 1. The number of pyridine rings is 1. The van der Waals surface area contributed by atoms with Gasteiger partial charge < -0.3 is 14.1 Å². The minimum Gasteiger partial charge on any atom is -0.480 e. The molecule has 26 heavy (non-hydrogen) atoms. The standard InChI is InChI=1S/C18H18N4O3S/c1-24-15-13(4-2-8-19-15)18(23)22-9-6-12(7-10-22)16-20-21-17(26-16)14-5-3-11-25-14/h2-5,8,11-12H,6-7,9-10H2,1H3. The first-order valence-electron chi connectivity index (χ1n) is 8.42. The maximum atomic E-state index is 12.8. The highest BCUT2D eigenvalue weighted by Gasteiger charge is 2.28. The number of methoxy groups -OCH3 is 1. The van der Waals surface area contributed by atoms with E-state index in [1.165, 1.54) is 7.11 Å². The lowest BCUT2D eigenvalue weighted by atomic mass is 9.97. The largest absolute Gasteiger partial charge is 0.480 e. The predicted molar refractivity (Wildman–Crippen MR) is 96.3 cm³/mol. The molecule has 1 fully saturated rings. The zero-order valence-corrected chi connectivity index (χ0v) is 15.1. The van der Waals surface area contributed by atoms with Crippen molar-refractivity contribution in [1.29, 1.82) is 0 Å². The maximum Gasteiger partial charge on any atom is 0.259 e. The molecule has 1 aliphatic heterocycles. The molecule has 0 saturated carbocycles. The molecule has 1 saturated heterocycles. The molecular weight excluding hydrogens is 352 g/mol. The van der Waals surface area contributed by atoms with Crippen LogP contribution in [0.25, 0.3) is 10.8 Å². The van der Waals surface area contributed by atoms with E-state index < -0.39 is 0 Å². The lowest BCUT2D eigenvalue weighted by Crippen LogP contribution is -2.38. The fourth-order valence-corrected chi connectivity index (χ4v) is 4.10. The average Bonchev–Trinajstić information content (AvgIpc) is 3.39. The molecular formula is C18H18N4O3S. The van der Waals surface area contributed by atoms with Gasteiger partial charge in [-0.2, -0.15) is 0 Å². The minimum absolute atomic E-state index is 0.0399. The minimum atomic E-state index is -0.0399. The summed E-state index contributed by atoms with van der Waals surface area (Å²) in [6.07, 6.45) is 4.98. The number of amides is 1. The van der Waals surface area contributed by atoms with Crippen LogP contribution in [0.4, 0.5) is 0 Å². The topological polar surface area (TPSA) is 81.4 Å². The van der Waals surface area contributed by atoms with Crippen molar-refractivity contribution < 1.29 is 13.9 Å². The molecule has 1 aliphatic rings. The Morgan fingerprint density at radius 1 is 1.27 bits per heavy atom. The Balaban J connectivity index is 1.42. The SMILES string of the molecule is COc1ncccc1C(=O)N1CCC(c2nnc(-c3ccco3)s2)CC1. The van der Waals surface area contributed by atoms with Crippen LogP contribution in [-0.2, 0) is 0 Å². The second-order valence-corrected chi connectivity index (χ2v) is 7.06. The second kappa shape index (κ2) is 7.25. The number of aromatic nitrogens is 3. The second-order valence-electron chi connectivity index (χ2n) is 6.05. The quantitative estimate of drug-likeness (QED) is 0.701. The molecule has 0 unspecified atom stereocenters. The molecule has 4 heterocycles. The van der Waals surface area contributed by atoms with E-state index in [1.54, 1.807) is 35.9 Å². The Morgan fingerprint density at radius 2 is 2.12 bits per heavy atom. The first kappa shape index (κ1) is 16.7. The summed E-state index contributed by atoms with van der Waals surface area (Å²) in [5.74, 6) is 1.38. The number of hydrogen-bond donors (Lipinski definition) is 0. The summed E-state index contributed by atoms with van der Waals surface area (Å²) in [6, 6.07) is 7.22. The van der Waals surface area contributed by atoms with Gasteiger partial charge in [-0.25, -0.2) is 4.98 Å². The monoisotopic (exact) mass is 370 g/mol. The average molecular weight is 370 g/mol. The molecule has 0 radical (unpaired) electrons. The summed E-state index contributed by atoms with van der Waals surface area (Å²) >= 11 is 1.56. The maximum absolute atomic E-state index is 12.8. The number of rotatable bonds is 4. The first-order valence-corrected chi connectivity index (χ1v) is 9.23. The van der Waals surface area contributed by atoms with Crippen LogP contribution in [0.15, 0.2) is 41.1 Å². The van der Waals surface area contributed by atoms with Gasteiger partial charge in [-0.1, -0.05) is 11.3 Å². The molecule has 3 aromatic rings. The number of furan rings is 1. The summed E-state index contributed by atoms with van der Waals surface area (Å²) in [5, 5.41) is 10.4. The summed E-state index contributed by atoms with van der Waals surface area (Å²) < 4.78 is 10.6. The van der Waals surface area contributed by atoms with Gasteiger partial charge in [0.25, 0.3) is 5.91 Å². The van der Waals surface area contributed by atoms with Gasteiger partial charge in [0, 0.05) is 25.2 Å². The Morgan fingerprint density at radius 3 is 2.85 bits per heavy atom. The van der Waals surface area contributed by atoms with Crippen molar-refractivity contribution in [3.63, 3.8) is 0 Å². The van der Waals surface area contributed by atoms with Crippen LogP contribution in [-0.4, -0.2) is 46.2 Å². The van der Waals surface area contributed by atoms with Crippen molar-refractivity contribution in [3.05, 3.63) is 47.3 Å². The molecule has 4 rings (SSSR count). The fourth-order valence-electron chi connectivity index (χ4n) is 3.12. The van der Waals surface area contributed by atoms with Gasteiger partial charge in [-0.3, -0.25) is 4.79 Å². The summed E-state index contributed by atoms with van der Waals surface area (Å²) in [7, 11) is 1.53. The molecule has 1 amide bonds. The van der Waals surface area contributed by atoms with Crippen LogP contribution >= 0.6 is 11.3 Å². The van der Waals surface area contributed by atoms with E-state index in [1.807, 2.05) is 17.0 Å². The molecule has 0 aliphatic carbocycles. The molecule has 0 N–H and O–H groups in total. The molecule has 3 aromatic heterocycles. The van der Waals surface area contributed by atoms with Crippen LogP contribution in [0, 0.1) is 0 Å². The van der Waals surface area contributed by atoms with E-state index in [0.717, 1.165) is 28.6 Å². The molecule has 0 aromatic carbocycles. The highest BCUT2D eigenvalue weighted by atomic mass is 32.1. The lowest BCUT2D eigenvalue weighted by Gasteiger charge is -2.31. The lowest BCUT2D eigenvalue weighted by molar-refractivity contribution is 0.0708. The first-order chi connectivity index (χ1) is 12.8. The predicted octanol–water partition coefficient (Wildman–Crippen LogP) is 3.22. The van der Waals surface area contributed by atoms with Gasteiger partial charge in [-0.15, -0.1) is 10.2 Å². The van der Waals surface area contributed by atoms with Gasteiger partial charge in [-0.05, 0) is 37.1 Å². The molecule has 134 valence electrons. The highest BCUT2D eigenvalue weighted by molar-refractivity contribution is 7.14. The van der Waals surface area contributed by atoms with Crippen LogP contribution < -0.4 is 4.74 Å². The molecule has 7 nitrogen and oxygen atoms in total. The van der Waals surface area contributed by atoms with Crippen molar-refractivity contribution in [3.8, 4) is 16.6 Å². The van der Waals surface area contributed by atoms with Gasteiger partial charge in [0.1, 0.15) is 10.6 Å². The van der Waals surface area contributed by atoms with Crippen LogP contribution in [0.2, 0.25) is 0 Å². The van der Waals surface area contributed by atoms with Gasteiger partial charge in [0.2, 0.25) is 5.88 Å². The van der Waals surface area contributed by atoms with Crippen LogP contribution in [0.1, 0.15) is 34.1 Å². The van der Waals surface area contributed by atoms with E-state index >= 15 is 0 Å². The van der Waals surface area contributed by atoms with Crippen molar-refractivity contribution >= 4 is 17.2 Å². The van der Waals surface area contributed by atoms with E-state index in [0.29, 0.717) is 30.5 Å². The van der Waals surface area contributed by atoms with E-state index in [2.05, 4.69) is 15.2 Å². The van der Waals surface area contributed by atoms with Crippen molar-refractivity contribution in [2.75, 3.05) is 20.2 Å². The number of likely N-dealkylation sites (tertiary alicyclic amines) is 1. The van der Waals surface area contributed by atoms with E-state index in [9.17, 15) is 4.79 Å². The zero-order valence-electron chi connectivity index (χ0n) is 14.3. The number of carbonyl (C=O) groups excluding carboxylic acids is 1. The third-order valence-corrected chi connectivity index (χ3v) is 5.60. The number of hydrogen-bond acceptors (Lipinski definition) is 7. The van der Waals surface area contributed by atoms with Gasteiger partial charge in [0.15, 0.2) is 10.8 Å². The van der Waals surface area contributed by atoms with Crippen molar-refractivity contribution in [1.82, 2.24) is 20.1 Å². The van der Waals surface area contributed by atoms with Crippen LogP contribution in [0.3, 0.4) is 0 Å². The molecule has 8 heteroatoms. The molecule has 0 bridgehead atoms. The summed E-state index contributed by atoms with van der Waals surface area (Å²) in [5.41, 5.74) is 0.504. The number of nitrogens with zero attached hydrogens (tertiary/aromatic N) is 4. The van der Waals surface area contributed by atoms with Crippen LogP contribution in [0.5, 0.6) is 5.88 Å². The Hall–Kier alpha value is -2.74. The fraction of sp³-hybridized carbons (Fsp3) is 0.333. The Kier molecular flexibility index (Phi) is 4.66. The molecule has 0 spiro atoms. The van der Waals surface area contributed by atoms with Gasteiger partial charge in [0.05, 0.1) is 13.4 Å². The smallest absolute Gasteiger partial charge is 0.259 e. The zero-order chi connectivity index (χ0) is 17.9. The normalized spacial score (nSPS) is 15.2. The van der Waals surface area contributed by atoms with E-state index in [-0.39, 0.29) is 5.91 Å². The number of piperidine rings is 1. The Labute approximate surface area is 154 Å². The van der Waals surface area contributed by atoms with Gasteiger partial charge >= 0.3 is 0 Å². The van der Waals surface area contributed by atoms with E-state index in [4.69, 9.17) is 9.15 Å². The Bertz CT molecular complexity index is 885. The third-order valence-electron chi connectivity index (χ3n) is 4.50. The summed E-state index contributed by atoms with van der Waals surface area (Å²) in [4.78, 5) is 18.7. The van der Waals surface area contributed by atoms with Crippen molar-refractivity contribution in [2.24, 2.45) is 0 Å². The summed E-state index contributed by atoms with van der Waals surface area (Å²) in [6.45, 7) is 1.36. The number of carbonyl (C=O) groups is 1.